The SMILES string of the molecule is C=CC(=O)N1CCC[C@@H](Nc2ncnc3c2C(c2cncc(OC)c2)=CC3)C1. The molecule has 0 spiro atoms. The molecule has 0 aromatic carbocycles. The molecule has 7 nitrogen and oxygen atoms in total. The number of rotatable bonds is 5. The van der Waals surface area contributed by atoms with Crippen molar-refractivity contribution in [3.63, 3.8) is 0 Å². The smallest absolute Gasteiger partial charge is 0.246 e. The molecule has 0 bridgehead atoms. The van der Waals surface area contributed by atoms with Gasteiger partial charge < -0.3 is 15.0 Å². The maximum Gasteiger partial charge on any atom is 0.246 e. The summed E-state index contributed by atoms with van der Waals surface area (Å²) in [5, 5.41) is 3.55. The minimum Gasteiger partial charge on any atom is -0.495 e. The highest BCUT2D eigenvalue weighted by Gasteiger charge is 2.26. The number of amides is 1. The van der Waals surface area contributed by atoms with Crippen LogP contribution in [0.2, 0.25) is 0 Å². The molecule has 1 N–H and O–H groups in total. The average Bonchev–Trinajstić information content (AvgIpc) is 3.19. The predicted molar refractivity (Wildman–Crippen MR) is 107 cm³/mol. The van der Waals surface area contributed by atoms with Crippen molar-refractivity contribution in [3.8, 4) is 5.75 Å². The number of carbonyl (C=O) groups is 1. The molecule has 144 valence electrons. The normalized spacial score (nSPS) is 18.2. The number of ether oxygens (including phenoxy) is 1. The van der Waals surface area contributed by atoms with Crippen LogP contribution in [0.25, 0.3) is 5.57 Å². The van der Waals surface area contributed by atoms with Gasteiger partial charge in [-0.2, -0.15) is 0 Å². The van der Waals surface area contributed by atoms with Gasteiger partial charge in [-0.15, -0.1) is 0 Å². The van der Waals surface area contributed by atoms with Crippen LogP contribution in [0.1, 0.15) is 29.7 Å². The molecule has 1 amide bonds. The third-order valence-electron chi connectivity index (χ3n) is 5.20. The molecule has 1 saturated heterocycles. The largest absolute Gasteiger partial charge is 0.495 e. The van der Waals surface area contributed by atoms with E-state index >= 15 is 0 Å². The van der Waals surface area contributed by atoms with Crippen molar-refractivity contribution in [2.24, 2.45) is 0 Å². The molecule has 1 fully saturated rings. The monoisotopic (exact) mass is 377 g/mol. The van der Waals surface area contributed by atoms with Gasteiger partial charge in [0.2, 0.25) is 5.91 Å². The summed E-state index contributed by atoms with van der Waals surface area (Å²) in [7, 11) is 1.63. The number of methoxy groups -OCH3 is 1. The van der Waals surface area contributed by atoms with Crippen molar-refractivity contribution in [3.05, 3.63) is 60.3 Å². The fourth-order valence-corrected chi connectivity index (χ4v) is 3.83. The highest BCUT2D eigenvalue weighted by atomic mass is 16.5. The first kappa shape index (κ1) is 18.2. The molecule has 2 aromatic rings. The molecule has 28 heavy (non-hydrogen) atoms. The zero-order valence-electron chi connectivity index (χ0n) is 15.9. The van der Waals surface area contributed by atoms with Gasteiger partial charge in [0.05, 0.1) is 19.0 Å². The third kappa shape index (κ3) is 3.47. The molecule has 0 saturated carbocycles. The summed E-state index contributed by atoms with van der Waals surface area (Å²) in [5.74, 6) is 1.49. The number of hydrogen-bond acceptors (Lipinski definition) is 6. The Labute approximate surface area is 164 Å². The first-order valence-electron chi connectivity index (χ1n) is 9.41. The molecule has 0 unspecified atom stereocenters. The number of hydrogen-bond donors (Lipinski definition) is 1. The van der Waals surface area contributed by atoms with E-state index in [2.05, 4.69) is 32.9 Å². The van der Waals surface area contributed by atoms with Crippen LogP contribution in [0, 0.1) is 0 Å². The zero-order chi connectivity index (χ0) is 19.5. The van der Waals surface area contributed by atoms with Crippen LogP contribution in [0.5, 0.6) is 5.75 Å². The Morgan fingerprint density at radius 1 is 1.39 bits per heavy atom. The lowest BCUT2D eigenvalue weighted by atomic mass is 10.0. The molecule has 2 aliphatic rings. The van der Waals surface area contributed by atoms with Gasteiger partial charge in [-0.25, -0.2) is 9.97 Å². The van der Waals surface area contributed by atoms with Crippen molar-refractivity contribution in [2.45, 2.75) is 25.3 Å². The number of aromatic nitrogens is 3. The van der Waals surface area contributed by atoms with Crippen molar-refractivity contribution in [1.82, 2.24) is 19.9 Å². The van der Waals surface area contributed by atoms with E-state index in [1.807, 2.05) is 17.2 Å². The maximum absolute atomic E-state index is 12.0. The number of likely N-dealkylation sites (tertiary alicyclic amines) is 1. The van der Waals surface area contributed by atoms with Gasteiger partial charge in [-0.05, 0) is 30.6 Å². The number of carbonyl (C=O) groups excluding carboxylic acids is 1. The lowest BCUT2D eigenvalue weighted by Crippen LogP contribution is -2.44. The summed E-state index contributed by atoms with van der Waals surface area (Å²) in [6, 6.07) is 2.11. The Bertz CT molecular complexity index is 940. The van der Waals surface area contributed by atoms with Crippen molar-refractivity contribution in [1.29, 1.82) is 0 Å². The summed E-state index contributed by atoms with van der Waals surface area (Å²) < 4.78 is 5.32. The number of fused-ring (bicyclic) bond motifs is 1. The predicted octanol–water partition coefficient (Wildman–Crippen LogP) is 2.46. The van der Waals surface area contributed by atoms with E-state index in [1.54, 1.807) is 19.6 Å². The number of nitrogens with one attached hydrogen (secondary N) is 1. The Hall–Kier alpha value is -3.22. The molecule has 1 aliphatic carbocycles. The Kier molecular flexibility index (Phi) is 5.06. The van der Waals surface area contributed by atoms with Crippen LogP contribution in [-0.2, 0) is 11.2 Å². The van der Waals surface area contributed by atoms with Gasteiger partial charge in [0.25, 0.3) is 0 Å². The van der Waals surface area contributed by atoms with E-state index in [9.17, 15) is 4.79 Å². The van der Waals surface area contributed by atoms with Crippen LogP contribution in [0.15, 0.2) is 43.5 Å². The maximum atomic E-state index is 12.0. The van der Waals surface area contributed by atoms with E-state index in [1.165, 1.54) is 6.08 Å². The highest BCUT2D eigenvalue weighted by molar-refractivity contribution is 5.89. The topological polar surface area (TPSA) is 80.2 Å². The van der Waals surface area contributed by atoms with Crippen LogP contribution in [0.3, 0.4) is 0 Å². The summed E-state index contributed by atoms with van der Waals surface area (Å²) in [6.07, 6.45) is 11.3. The molecule has 0 radical (unpaired) electrons. The first-order valence-corrected chi connectivity index (χ1v) is 9.41. The molecular formula is C21H23N5O2. The number of pyridine rings is 1. The number of allylic oxidation sites excluding steroid dienone is 1. The molecule has 3 heterocycles. The Balaban J connectivity index is 1.61. The standard InChI is InChI=1S/C21H23N5O2/c1-3-19(27)26-8-4-5-15(12-26)25-21-20-17(6-7-18(20)23-13-24-21)14-9-16(28-2)11-22-10-14/h3,6,9-11,13,15H,1,4-5,7-8,12H2,2H3,(H,23,24,25)/t15-/m1/s1. The molecule has 1 aliphatic heterocycles. The van der Waals surface area contributed by atoms with Gasteiger partial charge in [-0.3, -0.25) is 9.78 Å². The quantitative estimate of drug-likeness (QED) is 0.807. The van der Waals surface area contributed by atoms with E-state index < -0.39 is 0 Å². The summed E-state index contributed by atoms with van der Waals surface area (Å²) in [6.45, 7) is 5.01. The van der Waals surface area contributed by atoms with Crippen molar-refractivity contribution in [2.75, 3.05) is 25.5 Å². The van der Waals surface area contributed by atoms with E-state index in [0.717, 1.165) is 54.0 Å². The van der Waals surface area contributed by atoms with E-state index in [4.69, 9.17) is 4.74 Å². The van der Waals surface area contributed by atoms with Crippen molar-refractivity contribution < 1.29 is 9.53 Å². The van der Waals surface area contributed by atoms with Crippen molar-refractivity contribution >= 4 is 17.3 Å². The lowest BCUT2D eigenvalue weighted by molar-refractivity contribution is -0.127. The molecule has 4 rings (SSSR count). The Morgan fingerprint density at radius 3 is 3.11 bits per heavy atom. The zero-order valence-corrected chi connectivity index (χ0v) is 15.9. The summed E-state index contributed by atoms with van der Waals surface area (Å²) in [5.41, 5.74) is 4.03. The lowest BCUT2D eigenvalue weighted by Gasteiger charge is -2.33. The fraction of sp³-hybridized carbons (Fsp3) is 0.333. The highest BCUT2D eigenvalue weighted by Crippen LogP contribution is 2.36. The van der Waals surface area contributed by atoms with Crippen LogP contribution >= 0.6 is 0 Å². The number of nitrogens with zero attached hydrogens (tertiary/aromatic N) is 4. The molecular weight excluding hydrogens is 354 g/mol. The van der Waals surface area contributed by atoms with Gasteiger partial charge in [0, 0.05) is 42.9 Å². The minimum absolute atomic E-state index is 0.0255. The molecule has 2 aromatic heterocycles. The van der Waals surface area contributed by atoms with Gasteiger partial charge >= 0.3 is 0 Å². The average molecular weight is 377 g/mol. The number of piperidine rings is 1. The van der Waals surface area contributed by atoms with Crippen LogP contribution in [0.4, 0.5) is 5.82 Å². The van der Waals surface area contributed by atoms with Gasteiger partial charge in [0.1, 0.15) is 17.9 Å². The third-order valence-corrected chi connectivity index (χ3v) is 5.20. The first-order chi connectivity index (χ1) is 13.7. The fourth-order valence-electron chi connectivity index (χ4n) is 3.83. The second kappa shape index (κ2) is 7.80. The summed E-state index contributed by atoms with van der Waals surface area (Å²) in [4.78, 5) is 27.1. The van der Waals surface area contributed by atoms with Crippen LogP contribution in [-0.4, -0.2) is 52.0 Å². The van der Waals surface area contributed by atoms with Gasteiger partial charge in [-0.1, -0.05) is 12.7 Å². The Morgan fingerprint density at radius 2 is 2.29 bits per heavy atom. The van der Waals surface area contributed by atoms with E-state index in [-0.39, 0.29) is 11.9 Å². The second-order valence-corrected chi connectivity index (χ2v) is 6.95. The minimum atomic E-state index is -0.0255. The second-order valence-electron chi connectivity index (χ2n) is 6.95. The number of anilines is 1. The van der Waals surface area contributed by atoms with Gasteiger partial charge in [0.15, 0.2) is 0 Å². The summed E-state index contributed by atoms with van der Waals surface area (Å²) >= 11 is 0. The van der Waals surface area contributed by atoms with Crippen LogP contribution < -0.4 is 10.1 Å². The molecule has 1 atom stereocenters. The van der Waals surface area contributed by atoms with E-state index in [0.29, 0.717) is 12.3 Å². The molecule has 7 heteroatoms.